The minimum atomic E-state index is -0.790. The van der Waals surface area contributed by atoms with Crippen molar-refractivity contribution >= 4 is 23.6 Å². The van der Waals surface area contributed by atoms with E-state index in [0.29, 0.717) is 49.8 Å². The lowest BCUT2D eigenvalue weighted by Crippen LogP contribution is -2.56. The molecule has 3 unspecified atom stereocenters. The molecular weight excluding hydrogens is 486 g/mol. The predicted molar refractivity (Wildman–Crippen MR) is 141 cm³/mol. The van der Waals surface area contributed by atoms with E-state index in [2.05, 4.69) is 25.8 Å². The molecule has 0 spiro atoms. The van der Waals surface area contributed by atoms with E-state index >= 15 is 0 Å². The van der Waals surface area contributed by atoms with Crippen LogP contribution in [0.4, 0.5) is 11.8 Å². The fraction of sp³-hybridized carbons (Fsp3) is 0.556. The van der Waals surface area contributed by atoms with Crippen molar-refractivity contribution < 1.29 is 19.8 Å². The van der Waals surface area contributed by atoms with Crippen LogP contribution >= 0.6 is 0 Å². The van der Waals surface area contributed by atoms with Crippen LogP contribution in [0.25, 0.3) is 0 Å². The highest BCUT2D eigenvalue weighted by molar-refractivity contribution is 5.93. The van der Waals surface area contributed by atoms with Gasteiger partial charge in [0.15, 0.2) is 0 Å². The molecule has 5 N–H and O–H groups in total. The van der Waals surface area contributed by atoms with E-state index in [1.807, 2.05) is 6.07 Å². The quantitative estimate of drug-likeness (QED) is 0.354. The topological polar surface area (TPSA) is 143 Å². The number of nitrogens with one attached hydrogen (secondary N) is 3. The molecule has 0 radical (unpaired) electrons. The third-order valence-corrected chi connectivity index (χ3v) is 8.41. The van der Waals surface area contributed by atoms with Gasteiger partial charge in [-0.2, -0.15) is 4.98 Å². The van der Waals surface area contributed by atoms with Gasteiger partial charge in [0.1, 0.15) is 17.3 Å². The zero-order valence-corrected chi connectivity index (χ0v) is 21.6. The molecule has 2 bridgehead atoms. The van der Waals surface area contributed by atoms with Crippen molar-refractivity contribution in [3.8, 4) is 5.75 Å². The SMILES string of the molecule is CC(=O)N1CC(Nc2cc(C(=O)NCC(O)[C@@H]3Cc4ccc(O)cc4CN3)nc(N3CC4CCC3C4)n2)C1. The number of phenolic OH excluding ortho intramolecular Hbond substituents is 1. The first-order valence-electron chi connectivity index (χ1n) is 13.5. The molecule has 3 fully saturated rings. The molecule has 3 aliphatic heterocycles. The number of aromatic hydroxyl groups is 1. The summed E-state index contributed by atoms with van der Waals surface area (Å²) in [5.41, 5.74) is 2.35. The fourth-order valence-electron chi connectivity index (χ4n) is 6.19. The number of fused-ring (bicyclic) bond motifs is 3. The van der Waals surface area contributed by atoms with Crippen molar-refractivity contribution in [3.63, 3.8) is 0 Å². The average molecular weight is 522 g/mol. The number of nitrogens with zero attached hydrogens (tertiary/aromatic N) is 4. The lowest BCUT2D eigenvalue weighted by atomic mass is 9.92. The second-order valence-corrected chi connectivity index (χ2v) is 11.1. The number of benzene rings is 1. The molecule has 1 saturated carbocycles. The van der Waals surface area contributed by atoms with E-state index in [1.54, 1.807) is 30.0 Å². The monoisotopic (exact) mass is 521 g/mol. The van der Waals surface area contributed by atoms with Crippen LogP contribution in [-0.4, -0.2) is 87.3 Å². The van der Waals surface area contributed by atoms with Crippen LogP contribution < -0.4 is 20.9 Å². The van der Waals surface area contributed by atoms with Gasteiger partial charge in [0.25, 0.3) is 5.91 Å². The summed E-state index contributed by atoms with van der Waals surface area (Å²) in [6.07, 6.45) is 3.30. The molecule has 4 atom stereocenters. The summed E-state index contributed by atoms with van der Waals surface area (Å²) in [5, 5.41) is 30.0. The number of phenols is 1. The van der Waals surface area contributed by atoms with Gasteiger partial charge >= 0.3 is 0 Å². The number of likely N-dealkylation sites (tertiary alicyclic amines) is 1. The summed E-state index contributed by atoms with van der Waals surface area (Å²) in [4.78, 5) is 38.1. The molecule has 1 aromatic carbocycles. The molecule has 2 aromatic rings. The second-order valence-electron chi connectivity index (χ2n) is 11.1. The largest absolute Gasteiger partial charge is 0.508 e. The van der Waals surface area contributed by atoms with Crippen LogP contribution in [0.1, 0.15) is 47.8 Å². The molecule has 6 rings (SSSR count). The Kier molecular flexibility index (Phi) is 6.56. The summed E-state index contributed by atoms with van der Waals surface area (Å²) in [6, 6.07) is 7.19. The molecule has 1 aromatic heterocycles. The Labute approximate surface area is 221 Å². The minimum Gasteiger partial charge on any atom is -0.508 e. The number of anilines is 2. The van der Waals surface area contributed by atoms with Gasteiger partial charge in [-0.15, -0.1) is 0 Å². The highest BCUT2D eigenvalue weighted by atomic mass is 16.3. The Hall–Kier alpha value is -3.44. The van der Waals surface area contributed by atoms with Gasteiger partial charge in [0.05, 0.1) is 12.1 Å². The Morgan fingerprint density at radius 2 is 2.00 bits per heavy atom. The number of carbonyl (C=O) groups is 2. The van der Waals surface area contributed by atoms with Crippen molar-refractivity contribution in [1.29, 1.82) is 0 Å². The van der Waals surface area contributed by atoms with Gasteiger partial charge in [-0.05, 0) is 54.9 Å². The number of aromatic nitrogens is 2. The van der Waals surface area contributed by atoms with Crippen molar-refractivity contribution in [2.45, 2.75) is 63.4 Å². The minimum absolute atomic E-state index is 0.0484. The Bertz CT molecular complexity index is 1230. The molecule has 11 nitrogen and oxygen atoms in total. The number of carbonyl (C=O) groups excluding carboxylic acids is 2. The molecule has 2 saturated heterocycles. The molecule has 4 aliphatic rings. The first kappa shape index (κ1) is 24.9. The van der Waals surface area contributed by atoms with E-state index in [-0.39, 0.29) is 41.9 Å². The van der Waals surface area contributed by atoms with Gasteiger partial charge < -0.3 is 36.0 Å². The van der Waals surface area contributed by atoms with E-state index < -0.39 is 6.10 Å². The smallest absolute Gasteiger partial charge is 0.270 e. The lowest BCUT2D eigenvalue weighted by Gasteiger charge is -2.39. The first-order valence-corrected chi connectivity index (χ1v) is 13.5. The van der Waals surface area contributed by atoms with Crippen LogP contribution in [0.5, 0.6) is 5.75 Å². The zero-order chi connectivity index (χ0) is 26.4. The maximum Gasteiger partial charge on any atom is 0.270 e. The molecule has 2 amide bonds. The molecular formula is C27H35N7O4. The highest BCUT2D eigenvalue weighted by Gasteiger charge is 2.39. The Morgan fingerprint density at radius 3 is 2.74 bits per heavy atom. The van der Waals surface area contributed by atoms with Crippen molar-refractivity contribution in [3.05, 3.63) is 41.1 Å². The number of hydrogen-bond acceptors (Lipinski definition) is 9. The summed E-state index contributed by atoms with van der Waals surface area (Å²) in [5.74, 6) is 1.70. The number of aliphatic hydroxyl groups is 1. The maximum atomic E-state index is 13.2. The summed E-state index contributed by atoms with van der Waals surface area (Å²) < 4.78 is 0. The van der Waals surface area contributed by atoms with Crippen LogP contribution in [0, 0.1) is 5.92 Å². The van der Waals surface area contributed by atoms with Crippen LogP contribution in [-0.2, 0) is 17.8 Å². The highest BCUT2D eigenvalue weighted by Crippen LogP contribution is 2.39. The average Bonchev–Trinajstić information content (AvgIpc) is 3.52. The van der Waals surface area contributed by atoms with Gasteiger partial charge in [0, 0.05) is 57.8 Å². The summed E-state index contributed by atoms with van der Waals surface area (Å²) >= 11 is 0. The summed E-state index contributed by atoms with van der Waals surface area (Å²) in [6.45, 7) is 4.30. The second kappa shape index (κ2) is 10.0. The number of piperidine rings is 1. The normalized spacial score (nSPS) is 25.1. The molecule has 202 valence electrons. The van der Waals surface area contributed by atoms with E-state index in [4.69, 9.17) is 4.98 Å². The van der Waals surface area contributed by atoms with Gasteiger partial charge in [0.2, 0.25) is 11.9 Å². The third kappa shape index (κ3) is 5.00. The predicted octanol–water partition coefficient (Wildman–Crippen LogP) is 0.619. The van der Waals surface area contributed by atoms with E-state index in [0.717, 1.165) is 30.5 Å². The zero-order valence-electron chi connectivity index (χ0n) is 21.6. The molecule has 38 heavy (non-hydrogen) atoms. The fourth-order valence-corrected chi connectivity index (χ4v) is 6.19. The van der Waals surface area contributed by atoms with E-state index in [1.165, 1.54) is 6.42 Å². The third-order valence-electron chi connectivity index (χ3n) is 8.41. The van der Waals surface area contributed by atoms with Gasteiger partial charge in [-0.1, -0.05) is 6.07 Å². The maximum absolute atomic E-state index is 13.2. The van der Waals surface area contributed by atoms with Crippen molar-refractivity contribution in [2.75, 3.05) is 36.4 Å². The van der Waals surface area contributed by atoms with Crippen LogP contribution in [0.2, 0.25) is 0 Å². The molecule has 4 heterocycles. The van der Waals surface area contributed by atoms with Crippen molar-refractivity contribution in [2.24, 2.45) is 5.92 Å². The van der Waals surface area contributed by atoms with Crippen LogP contribution in [0.3, 0.4) is 0 Å². The van der Waals surface area contributed by atoms with E-state index in [9.17, 15) is 19.8 Å². The van der Waals surface area contributed by atoms with Crippen LogP contribution in [0.15, 0.2) is 24.3 Å². The Balaban J connectivity index is 1.13. The number of hydrogen-bond donors (Lipinski definition) is 5. The molecule has 1 aliphatic carbocycles. The number of aliphatic hydroxyl groups excluding tert-OH is 1. The number of amides is 2. The molecule has 11 heteroatoms. The van der Waals surface area contributed by atoms with Gasteiger partial charge in [-0.3, -0.25) is 9.59 Å². The number of rotatable bonds is 7. The Morgan fingerprint density at radius 1 is 1.16 bits per heavy atom. The van der Waals surface area contributed by atoms with Gasteiger partial charge in [-0.25, -0.2) is 4.98 Å². The summed E-state index contributed by atoms with van der Waals surface area (Å²) in [7, 11) is 0. The standard InChI is InChI=1S/C27H35N7O4/c1-15(35)33-13-19(14-33)30-25-9-23(31-27(32-25)34-12-16-2-4-20(34)6-16)26(38)29-11-24(37)22-8-17-3-5-21(36)7-18(17)10-28-22/h3,5,7,9,16,19-20,22,24,28,36-37H,2,4,6,8,10-14H2,1H3,(H,29,38)(H,30,31,32)/t16?,20?,22-,24?/m0/s1. The lowest BCUT2D eigenvalue weighted by molar-refractivity contribution is -0.132. The first-order chi connectivity index (χ1) is 18.3. The van der Waals surface area contributed by atoms with Crippen molar-refractivity contribution in [1.82, 2.24) is 25.5 Å².